The predicted molar refractivity (Wildman–Crippen MR) is 111 cm³/mol. The van der Waals surface area contributed by atoms with Gasteiger partial charge >= 0.3 is 0 Å². The molecule has 1 amide bonds. The Labute approximate surface area is 172 Å². The van der Waals surface area contributed by atoms with E-state index in [9.17, 15) is 4.79 Å². The van der Waals surface area contributed by atoms with Crippen molar-refractivity contribution in [3.8, 4) is 0 Å². The van der Waals surface area contributed by atoms with Crippen molar-refractivity contribution >= 4 is 44.2 Å². The molecule has 0 bridgehead atoms. The van der Waals surface area contributed by atoms with Gasteiger partial charge in [0.1, 0.15) is 0 Å². The minimum atomic E-state index is -0.139. The average molecular weight is 420 g/mol. The molecule has 2 aromatic heterocycles. The van der Waals surface area contributed by atoms with Crippen LogP contribution in [0.15, 0.2) is 30.6 Å². The maximum Gasteiger partial charge on any atom is 0.296 e. The van der Waals surface area contributed by atoms with E-state index in [1.807, 2.05) is 25.2 Å². The van der Waals surface area contributed by atoms with Crippen LogP contribution in [0.25, 0.3) is 10.2 Å². The SMILES string of the molecule is Cn1ccnc1C(=O)N(CCCN1CCOCC1)c1nc2ccc(Cl)cc2s1. The minimum absolute atomic E-state index is 0.139. The topological polar surface area (TPSA) is 63.5 Å². The molecule has 1 aliphatic rings. The van der Waals surface area contributed by atoms with Gasteiger partial charge < -0.3 is 9.30 Å². The first-order valence-corrected chi connectivity index (χ1v) is 10.5. The smallest absolute Gasteiger partial charge is 0.296 e. The fourth-order valence-electron chi connectivity index (χ4n) is 3.26. The lowest BCUT2D eigenvalue weighted by molar-refractivity contribution is 0.0376. The number of imidazole rings is 1. The van der Waals surface area contributed by atoms with Crippen LogP contribution in [-0.4, -0.2) is 64.7 Å². The molecular weight excluding hydrogens is 398 g/mol. The van der Waals surface area contributed by atoms with Gasteiger partial charge in [-0.3, -0.25) is 14.6 Å². The van der Waals surface area contributed by atoms with Crippen LogP contribution in [0.3, 0.4) is 0 Å². The lowest BCUT2D eigenvalue weighted by Crippen LogP contribution is -2.39. The van der Waals surface area contributed by atoms with Crippen LogP contribution in [0.4, 0.5) is 5.13 Å². The third-order valence-corrected chi connectivity index (χ3v) is 6.06. The van der Waals surface area contributed by atoms with E-state index in [4.69, 9.17) is 16.3 Å². The summed E-state index contributed by atoms with van der Waals surface area (Å²) in [5.74, 6) is 0.267. The van der Waals surface area contributed by atoms with Gasteiger partial charge in [0.2, 0.25) is 0 Å². The molecule has 1 saturated heterocycles. The van der Waals surface area contributed by atoms with Gasteiger partial charge in [0.15, 0.2) is 11.0 Å². The van der Waals surface area contributed by atoms with Gasteiger partial charge in [-0.15, -0.1) is 0 Å². The third kappa shape index (κ3) is 4.20. The molecule has 0 radical (unpaired) electrons. The van der Waals surface area contributed by atoms with Crippen molar-refractivity contribution in [3.63, 3.8) is 0 Å². The normalized spacial score (nSPS) is 15.2. The number of amides is 1. The maximum atomic E-state index is 13.2. The zero-order valence-corrected chi connectivity index (χ0v) is 17.2. The summed E-state index contributed by atoms with van der Waals surface area (Å²) < 4.78 is 8.11. The number of halogens is 1. The molecule has 0 unspecified atom stereocenters. The molecule has 0 aliphatic carbocycles. The number of ether oxygens (including phenoxy) is 1. The minimum Gasteiger partial charge on any atom is -0.379 e. The van der Waals surface area contributed by atoms with Gasteiger partial charge in [-0.2, -0.15) is 0 Å². The third-order valence-electron chi connectivity index (χ3n) is 4.79. The fourth-order valence-corrected chi connectivity index (χ4v) is 4.52. The van der Waals surface area contributed by atoms with Crippen molar-refractivity contribution < 1.29 is 9.53 Å². The van der Waals surface area contributed by atoms with Crippen molar-refractivity contribution in [3.05, 3.63) is 41.4 Å². The number of aryl methyl sites for hydroxylation is 1. The first kappa shape index (κ1) is 19.3. The number of benzene rings is 1. The molecule has 1 aliphatic heterocycles. The second-order valence-corrected chi connectivity index (χ2v) is 8.18. The van der Waals surface area contributed by atoms with E-state index in [1.54, 1.807) is 21.9 Å². The Balaban J connectivity index is 1.56. The Hall–Kier alpha value is -2.00. The van der Waals surface area contributed by atoms with Gasteiger partial charge in [0.05, 0.1) is 23.4 Å². The summed E-state index contributed by atoms with van der Waals surface area (Å²) in [6, 6.07) is 5.58. The van der Waals surface area contributed by atoms with Crippen LogP contribution < -0.4 is 4.90 Å². The zero-order chi connectivity index (χ0) is 19.5. The second-order valence-electron chi connectivity index (χ2n) is 6.73. The van der Waals surface area contributed by atoms with E-state index in [0.29, 0.717) is 22.5 Å². The van der Waals surface area contributed by atoms with Crippen molar-refractivity contribution in [1.82, 2.24) is 19.4 Å². The quantitative estimate of drug-likeness (QED) is 0.614. The van der Waals surface area contributed by atoms with E-state index in [1.165, 1.54) is 11.3 Å². The van der Waals surface area contributed by atoms with Crippen LogP contribution in [0, 0.1) is 0 Å². The summed E-state index contributed by atoms with van der Waals surface area (Å²) in [7, 11) is 1.82. The highest BCUT2D eigenvalue weighted by Crippen LogP contribution is 2.31. The summed E-state index contributed by atoms with van der Waals surface area (Å²) in [4.78, 5) is 26.2. The van der Waals surface area contributed by atoms with E-state index in [2.05, 4.69) is 14.9 Å². The van der Waals surface area contributed by atoms with Crippen molar-refractivity contribution in [2.45, 2.75) is 6.42 Å². The first-order valence-electron chi connectivity index (χ1n) is 9.27. The molecule has 9 heteroatoms. The van der Waals surface area contributed by atoms with Gasteiger partial charge in [-0.1, -0.05) is 22.9 Å². The zero-order valence-electron chi connectivity index (χ0n) is 15.7. The summed E-state index contributed by atoms with van der Waals surface area (Å²) in [5, 5.41) is 1.34. The Morgan fingerprint density at radius 3 is 2.93 bits per heavy atom. The molecule has 1 aromatic carbocycles. The Morgan fingerprint density at radius 1 is 1.36 bits per heavy atom. The van der Waals surface area contributed by atoms with Crippen molar-refractivity contribution in [1.29, 1.82) is 0 Å². The van der Waals surface area contributed by atoms with E-state index < -0.39 is 0 Å². The monoisotopic (exact) mass is 419 g/mol. The summed E-state index contributed by atoms with van der Waals surface area (Å²) in [6.07, 6.45) is 4.27. The number of fused-ring (bicyclic) bond motifs is 1. The van der Waals surface area contributed by atoms with E-state index in [-0.39, 0.29) is 5.91 Å². The number of hydrogen-bond acceptors (Lipinski definition) is 6. The molecule has 0 atom stereocenters. The van der Waals surface area contributed by atoms with Gasteiger partial charge in [0.25, 0.3) is 5.91 Å². The van der Waals surface area contributed by atoms with Crippen LogP contribution >= 0.6 is 22.9 Å². The summed E-state index contributed by atoms with van der Waals surface area (Å²) >= 11 is 7.59. The largest absolute Gasteiger partial charge is 0.379 e. The molecule has 3 aromatic rings. The number of nitrogens with zero attached hydrogens (tertiary/aromatic N) is 5. The summed E-state index contributed by atoms with van der Waals surface area (Å²) in [5.41, 5.74) is 0.843. The number of hydrogen-bond donors (Lipinski definition) is 0. The molecule has 28 heavy (non-hydrogen) atoms. The van der Waals surface area contributed by atoms with Gasteiger partial charge in [-0.25, -0.2) is 9.97 Å². The summed E-state index contributed by atoms with van der Waals surface area (Å²) in [6.45, 7) is 4.92. The molecule has 4 rings (SSSR count). The van der Waals surface area contributed by atoms with Crippen molar-refractivity contribution in [2.24, 2.45) is 7.05 Å². The number of carbonyl (C=O) groups excluding carboxylic acids is 1. The average Bonchev–Trinajstić information content (AvgIpc) is 3.31. The van der Waals surface area contributed by atoms with Gasteiger partial charge in [-0.05, 0) is 24.6 Å². The fraction of sp³-hybridized carbons (Fsp3) is 0.421. The van der Waals surface area contributed by atoms with Crippen LogP contribution in [0.5, 0.6) is 0 Å². The highest BCUT2D eigenvalue weighted by atomic mass is 35.5. The molecule has 0 N–H and O–H groups in total. The second kappa shape index (κ2) is 8.57. The molecule has 0 spiro atoms. The van der Waals surface area contributed by atoms with Crippen LogP contribution in [-0.2, 0) is 11.8 Å². The number of morpholine rings is 1. The maximum absolute atomic E-state index is 13.2. The van der Waals surface area contributed by atoms with Gasteiger partial charge in [0, 0.05) is 50.6 Å². The molecule has 1 fully saturated rings. The molecule has 0 saturated carbocycles. The highest BCUT2D eigenvalue weighted by molar-refractivity contribution is 7.22. The number of anilines is 1. The molecular formula is C19H22ClN5O2S. The Morgan fingerprint density at radius 2 is 2.18 bits per heavy atom. The number of rotatable bonds is 6. The lowest BCUT2D eigenvalue weighted by Gasteiger charge is -2.27. The Kier molecular flexibility index (Phi) is 5.91. The predicted octanol–water partition coefficient (Wildman–Crippen LogP) is 3.05. The highest BCUT2D eigenvalue weighted by Gasteiger charge is 2.24. The van der Waals surface area contributed by atoms with E-state index >= 15 is 0 Å². The molecule has 148 valence electrons. The first-order chi connectivity index (χ1) is 13.6. The molecule has 3 heterocycles. The standard InChI is InChI=1S/C19H22ClN5O2S/c1-23-8-5-21-17(23)18(26)25(7-2-6-24-9-11-27-12-10-24)19-22-15-4-3-14(20)13-16(15)28-19/h3-5,8,13H,2,6-7,9-12H2,1H3. The van der Waals surface area contributed by atoms with Crippen LogP contribution in [0.2, 0.25) is 5.02 Å². The molecule has 7 nitrogen and oxygen atoms in total. The number of aromatic nitrogens is 3. The lowest BCUT2D eigenvalue weighted by atomic mass is 10.3. The Bertz CT molecular complexity index is 966. The number of thiazole rings is 1. The van der Waals surface area contributed by atoms with Crippen LogP contribution in [0.1, 0.15) is 17.0 Å². The van der Waals surface area contributed by atoms with E-state index in [0.717, 1.165) is 49.5 Å². The van der Waals surface area contributed by atoms with Crippen molar-refractivity contribution in [2.75, 3.05) is 44.3 Å². The number of carbonyl (C=O) groups is 1.